The Bertz CT molecular complexity index is 585. The Kier molecular flexibility index (Phi) is 4.45. The summed E-state index contributed by atoms with van der Waals surface area (Å²) in [6, 6.07) is 6.82. The van der Waals surface area contributed by atoms with Gasteiger partial charge in [-0.15, -0.1) is 0 Å². The number of benzene rings is 1. The summed E-state index contributed by atoms with van der Waals surface area (Å²) < 4.78 is 39.5. The third kappa shape index (κ3) is 3.40. The normalized spacial score (nSPS) is 10.4. The van der Waals surface area contributed by atoms with Gasteiger partial charge < -0.3 is 10.6 Å². The van der Waals surface area contributed by atoms with Crippen LogP contribution in [0.3, 0.4) is 0 Å². The summed E-state index contributed by atoms with van der Waals surface area (Å²) in [5, 5.41) is 5.33. The van der Waals surface area contributed by atoms with Crippen LogP contribution in [0.1, 0.15) is 5.56 Å². The molecule has 1 aromatic heterocycles. The monoisotopic (exact) mass is 281 g/mol. The van der Waals surface area contributed by atoms with Gasteiger partial charge in [0.1, 0.15) is 5.82 Å². The molecule has 6 heteroatoms. The summed E-state index contributed by atoms with van der Waals surface area (Å²) >= 11 is 0. The Labute approximate surface area is 114 Å². The maximum Gasteiger partial charge on any atom is 0.168 e. The van der Waals surface area contributed by atoms with E-state index in [1.807, 2.05) is 0 Å². The van der Waals surface area contributed by atoms with Crippen LogP contribution in [0.4, 0.5) is 24.8 Å². The predicted octanol–water partition coefficient (Wildman–Crippen LogP) is 3.20. The van der Waals surface area contributed by atoms with Crippen molar-refractivity contribution in [3.63, 3.8) is 0 Å². The molecule has 1 aromatic carbocycles. The molecule has 0 radical (unpaired) electrons. The average Bonchev–Trinajstić information content (AvgIpc) is 2.43. The van der Waals surface area contributed by atoms with E-state index in [0.29, 0.717) is 13.0 Å². The molecule has 0 bridgehead atoms. The SMILES string of the molecule is CNc1nc(NCCc2ccc(F)cc2)c(F)cc1F. The van der Waals surface area contributed by atoms with Crippen LogP contribution in [0, 0.1) is 17.5 Å². The van der Waals surface area contributed by atoms with E-state index < -0.39 is 11.6 Å². The lowest BCUT2D eigenvalue weighted by atomic mass is 10.1. The molecule has 0 aliphatic carbocycles. The highest BCUT2D eigenvalue weighted by atomic mass is 19.1. The first-order chi connectivity index (χ1) is 9.60. The molecule has 2 aromatic rings. The summed E-state index contributed by atoms with van der Waals surface area (Å²) in [5.41, 5.74) is 0.912. The quantitative estimate of drug-likeness (QED) is 0.883. The number of nitrogens with zero attached hydrogens (tertiary/aromatic N) is 1. The third-order valence-electron chi connectivity index (χ3n) is 2.79. The van der Waals surface area contributed by atoms with Gasteiger partial charge in [-0.25, -0.2) is 18.2 Å². The van der Waals surface area contributed by atoms with Gasteiger partial charge in [-0.05, 0) is 24.1 Å². The zero-order valence-corrected chi connectivity index (χ0v) is 10.9. The Hall–Kier alpha value is -2.24. The summed E-state index contributed by atoms with van der Waals surface area (Å²) in [6.45, 7) is 0.407. The molecular weight excluding hydrogens is 267 g/mol. The van der Waals surface area contributed by atoms with Crippen LogP contribution in [0.15, 0.2) is 30.3 Å². The Balaban J connectivity index is 1.98. The molecule has 2 rings (SSSR count). The van der Waals surface area contributed by atoms with Gasteiger partial charge in [-0.1, -0.05) is 12.1 Å². The van der Waals surface area contributed by atoms with Crippen LogP contribution in [0.2, 0.25) is 0 Å². The van der Waals surface area contributed by atoms with Gasteiger partial charge >= 0.3 is 0 Å². The molecule has 0 atom stereocenters. The fourth-order valence-corrected chi connectivity index (χ4v) is 1.74. The molecule has 2 N–H and O–H groups in total. The van der Waals surface area contributed by atoms with Crippen LogP contribution in [0.25, 0.3) is 0 Å². The van der Waals surface area contributed by atoms with Gasteiger partial charge in [0, 0.05) is 19.7 Å². The number of hydrogen-bond acceptors (Lipinski definition) is 3. The second kappa shape index (κ2) is 6.27. The van der Waals surface area contributed by atoms with Crippen molar-refractivity contribution in [1.29, 1.82) is 0 Å². The highest BCUT2D eigenvalue weighted by Crippen LogP contribution is 2.18. The van der Waals surface area contributed by atoms with Crippen molar-refractivity contribution in [3.8, 4) is 0 Å². The second-order valence-electron chi connectivity index (χ2n) is 4.20. The van der Waals surface area contributed by atoms with E-state index in [2.05, 4.69) is 15.6 Å². The molecule has 3 nitrogen and oxygen atoms in total. The van der Waals surface area contributed by atoms with Crippen LogP contribution in [0.5, 0.6) is 0 Å². The van der Waals surface area contributed by atoms with Crippen molar-refractivity contribution >= 4 is 11.6 Å². The fraction of sp³-hybridized carbons (Fsp3) is 0.214. The Morgan fingerprint density at radius 3 is 2.30 bits per heavy atom. The first-order valence-electron chi connectivity index (χ1n) is 6.12. The zero-order valence-electron chi connectivity index (χ0n) is 10.9. The van der Waals surface area contributed by atoms with Crippen LogP contribution in [-0.4, -0.2) is 18.6 Å². The Morgan fingerprint density at radius 1 is 1.00 bits per heavy atom. The van der Waals surface area contributed by atoms with E-state index in [1.54, 1.807) is 12.1 Å². The van der Waals surface area contributed by atoms with Gasteiger partial charge in [0.15, 0.2) is 23.3 Å². The molecule has 0 spiro atoms. The average molecular weight is 281 g/mol. The summed E-state index contributed by atoms with van der Waals surface area (Å²) in [4.78, 5) is 3.80. The first-order valence-corrected chi connectivity index (χ1v) is 6.12. The topological polar surface area (TPSA) is 37.0 Å². The highest BCUT2D eigenvalue weighted by molar-refractivity contribution is 5.47. The van der Waals surface area contributed by atoms with Gasteiger partial charge in [0.2, 0.25) is 0 Å². The molecule has 0 amide bonds. The number of hydrogen-bond donors (Lipinski definition) is 2. The molecule has 0 saturated heterocycles. The molecule has 106 valence electrons. The number of rotatable bonds is 5. The zero-order chi connectivity index (χ0) is 14.5. The smallest absolute Gasteiger partial charge is 0.168 e. The number of anilines is 2. The lowest BCUT2D eigenvalue weighted by molar-refractivity contribution is 0.578. The number of pyridine rings is 1. The largest absolute Gasteiger partial charge is 0.371 e. The van der Waals surface area contributed by atoms with Crippen LogP contribution >= 0.6 is 0 Å². The number of halogens is 3. The van der Waals surface area contributed by atoms with Crippen molar-refractivity contribution in [3.05, 3.63) is 53.3 Å². The minimum atomic E-state index is -0.749. The highest BCUT2D eigenvalue weighted by Gasteiger charge is 2.10. The minimum absolute atomic E-state index is 0.0159. The van der Waals surface area contributed by atoms with Crippen molar-refractivity contribution in [2.24, 2.45) is 0 Å². The first kappa shape index (κ1) is 14.2. The number of nitrogens with one attached hydrogen (secondary N) is 2. The predicted molar refractivity (Wildman–Crippen MR) is 72.3 cm³/mol. The van der Waals surface area contributed by atoms with E-state index in [1.165, 1.54) is 19.2 Å². The summed E-state index contributed by atoms with van der Waals surface area (Å²) in [6.07, 6.45) is 0.577. The van der Waals surface area contributed by atoms with Gasteiger partial charge in [-0.3, -0.25) is 0 Å². The fourth-order valence-electron chi connectivity index (χ4n) is 1.74. The third-order valence-corrected chi connectivity index (χ3v) is 2.79. The summed E-state index contributed by atoms with van der Waals surface area (Å²) in [5.74, 6) is -1.82. The molecule has 0 fully saturated rings. The van der Waals surface area contributed by atoms with Gasteiger partial charge in [-0.2, -0.15) is 0 Å². The maximum absolute atomic E-state index is 13.5. The van der Waals surface area contributed by atoms with Crippen molar-refractivity contribution in [1.82, 2.24) is 4.98 Å². The van der Waals surface area contributed by atoms with E-state index in [0.717, 1.165) is 11.6 Å². The molecule has 0 aliphatic rings. The summed E-state index contributed by atoms with van der Waals surface area (Å²) in [7, 11) is 1.51. The Morgan fingerprint density at radius 2 is 1.65 bits per heavy atom. The van der Waals surface area contributed by atoms with E-state index in [9.17, 15) is 13.2 Å². The van der Waals surface area contributed by atoms with Gasteiger partial charge in [0.05, 0.1) is 0 Å². The maximum atomic E-state index is 13.5. The van der Waals surface area contributed by atoms with Crippen molar-refractivity contribution < 1.29 is 13.2 Å². The van der Waals surface area contributed by atoms with Crippen molar-refractivity contribution in [2.45, 2.75) is 6.42 Å². The standard InChI is InChI=1S/C14H14F3N3/c1-18-13-11(16)8-12(17)14(20-13)19-7-6-9-2-4-10(15)5-3-9/h2-5,8H,6-7H2,1H3,(H2,18,19,20). The molecule has 20 heavy (non-hydrogen) atoms. The van der Waals surface area contributed by atoms with Gasteiger partial charge in [0.25, 0.3) is 0 Å². The minimum Gasteiger partial charge on any atom is -0.371 e. The molecule has 1 heterocycles. The van der Waals surface area contributed by atoms with Crippen molar-refractivity contribution in [2.75, 3.05) is 24.2 Å². The number of aromatic nitrogens is 1. The molecule has 0 unspecified atom stereocenters. The van der Waals surface area contributed by atoms with E-state index in [-0.39, 0.29) is 17.5 Å². The molecular formula is C14H14F3N3. The van der Waals surface area contributed by atoms with E-state index >= 15 is 0 Å². The van der Waals surface area contributed by atoms with Crippen LogP contribution < -0.4 is 10.6 Å². The molecule has 0 aliphatic heterocycles. The van der Waals surface area contributed by atoms with E-state index in [4.69, 9.17) is 0 Å². The second-order valence-corrected chi connectivity index (χ2v) is 4.20. The van der Waals surface area contributed by atoms with Crippen LogP contribution in [-0.2, 0) is 6.42 Å². The lowest BCUT2D eigenvalue weighted by Gasteiger charge is -2.09. The lowest BCUT2D eigenvalue weighted by Crippen LogP contribution is -2.10. The molecule has 0 saturated carbocycles.